The van der Waals surface area contributed by atoms with Crippen molar-refractivity contribution >= 4 is 16.6 Å². The zero-order valence-corrected chi connectivity index (χ0v) is 25.3. The molecule has 224 valence electrons. The van der Waals surface area contributed by atoms with Gasteiger partial charge in [0.2, 0.25) is 0 Å². The summed E-state index contributed by atoms with van der Waals surface area (Å²) in [5.74, 6) is 0. The number of fused-ring (bicyclic) bond motifs is 1. The minimum atomic E-state index is 0.151. The molecule has 1 aliphatic carbocycles. The van der Waals surface area contributed by atoms with Crippen molar-refractivity contribution in [3.8, 4) is 0 Å². The van der Waals surface area contributed by atoms with Gasteiger partial charge in [-0.2, -0.15) is 0 Å². The van der Waals surface area contributed by atoms with Crippen LogP contribution < -0.4 is 15.6 Å². The highest BCUT2D eigenvalue weighted by molar-refractivity contribution is 5.81. The molecule has 2 saturated heterocycles. The molecule has 2 unspecified atom stereocenters. The number of aryl methyl sites for hydroxylation is 2. The van der Waals surface area contributed by atoms with Gasteiger partial charge in [0, 0.05) is 79.5 Å². The van der Waals surface area contributed by atoms with E-state index in [-0.39, 0.29) is 11.5 Å². The summed E-state index contributed by atoms with van der Waals surface area (Å²) < 4.78 is 8.12. The number of nitrogens with one attached hydrogen (secondary N) is 1. The van der Waals surface area contributed by atoms with Crippen LogP contribution in [0.25, 0.3) is 10.9 Å². The van der Waals surface area contributed by atoms with Crippen LogP contribution in [0.5, 0.6) is 0 Å². The third kappa shape index (κ3) is 6.23. The lowest BCUT2D eigenvalue weighted by atomic mass is 10.00. The van der Waals surface area contributed by atoms with Crippen LogP contribution >= 0.6 is 0 Å². The third-order valence-corrected chi connectivity index (χ3v) is 9.29. The maximum Gasteiger partial charge on any atom is 0.193 e. The summed E-state index contributed by atoms with van der Waals surface area (Å²) in [6.45, 7) is 9.67. The van der Waals surface area contributed by atoms with Gasteiger partial charge in [0.1, 0.15) is 0 Å². The molecule has 3 fully saturated rings. The Morgan fingerprint density at radius 2 is 1.93 bits per heavy atom. The van der Waals surface area contributed by atoms with Crippen molar-refractivity contribution in [3.05, 3.63) is 99.4 Å². The number of piperidine rings is 1. The second-order valence-electron chi connectivity index (χ2n) is 12.6. The lowest BCUT2D eigenvalue weighted by Gasteiger charge is -2.40. The Kier molecular flexibility index (Phi) is 7.99. The molecule has 0 bridgehead atoms. The van der Waals surface area contributed by atoms with Crippen molar-refractivity contribution in [3.63, 3.8) is 0 Å². The smallest absolute Gasteiger partial charge is 0.193 e. The van der Waals surface area contributed by atoms with E-state index in [1.54, 1.807) is 0 Å². The standard InChI is InChI=1S/C35H42N6O2/c1-24-5-7-30(18-38-24)39-14-3-4-31(22-39)40(19-26-11-12-36-25(2)16-26)20-28-21-41(29-8-9-29)34-17-27(6-10-32(34)35(28)42)33-23-43-15-13-37-33/h5-7,10-12,16-18,21,29,31,33,37H,3-4,8-9,13-15,19-20,22-23H2,1-2H3. The van der Waals surface area contributed by atoms with Crippen LogP contribution in [0.1, 0.15) is 65.8 Å². The molecule has 3 aromatic heterocycles. The monoisotopic (exact) mass is 578 g/mol. The number of hydrogen-bond donors (Lipinski definition) is 1. The number of morpholine rings is 1. The summed E-state index contributed by atoms with van der Waals surface area (Å²) in [4.78, 5) is 28.1. The van der Waals surface area contributed by atoms with Crippen LogP contribution in [0.2, 0.25) is 0 Å². The number of rotatable bonds is 8. The predicted molar refractivity (Wildman–Crippen MR) is 170 cm³/mol. The number of nitrogens with zero attached hydrogens (tertiary/aromatic N) is 5. The topological polar surface area (TPSA) is 75.5 Å². The van der Waals surface area contributed by atoms with Gasteiger partial charge in [0.25, 0.3) is 0 Å². The summed E-state index contributed by atoms with van der Waals surface area (Å²) in [6.07, 6.45) is 10.6. The molecule has 7 rings (SSSR count). The summed E-state index contributed by atoms with van der Waals surface area (Å²) in [5.41, 5.74) is 7.73. The van der Waals surface area contributed by atoms with E-state index in [1.807, 2.05) is 26.2 Å². The largest absolute Gasteiger partial charge is 0.378 e. The molecular formula is C35H42N6O2. The van der Waals surface area contributed by atoms with Crippen LogP contribution in [0.15, 0.2) is 65.8 Å². The lowest BCUT2D eigenvalue weighted by Crippen LogP contribution is -2.48. The average molecular weight is 579 g/mol. The molecule has 1 saturated carbocycles. The van der Waals surface area contributed by atoms with Gasteiger partial charge in [0.15, 0.2) is 5.43 Å². The van der Waals surface area contributed by atoms with Crippen molar-refractivity contribution in [1.82, 2.24) is 24.8 Å². The molecule has 8 heteroatoms. The molecule has 0 spiro atoms. The van der Waals surface area contributed by atoms with Crippen LogP contribution in [0.4, 0.5) is 5.69 Å². The Hall–Kier alpha value is -3.59. The fourth-order valence-corrected chi connectivity index (χ4v) is 6.79. The minimum Gasteiger partial charge on any atom is -0.378 e. The fraction of sp³-hybridized carbons (Fsp3) is 0.457. The Morgan fingerprint density at radius 3 is 2.70 bits per heavy atom. The number of anilines is 1. The Labute approximate surface area is 253 Å². The second kappa shape index (κ2) is 12.2. The van der Waals surface area contributed by atoms with Gasteiger partial charge in [-0.3, -0.25) is 19.7 Å². The van der Waals surface area contributed by atoms with Gasteiger partial charge >= 0.3 is 0 Å². The maximum absolute atomic E-state index is 14.1. The van der Waals surface area contributed by atoms with E-state index in [0.717, 1.165) is 86.3 Å². The van der Waals surface area contributed by atoms with Gasteiger partial charge in [0.05, 0.1) is 36.7 Å². The number of aromatic nitrogens is 3. The molecule has 0 radical (unpaired) electrons. The number of ether oxygens (including phenoxy) is 1. The summed E-state index contributed by atoms with van der Waals surface area (Å²) in [7, 11) is 0. The SMILES string of the molecule is Cc1ccc(N2CCCC(N(Cc3ccnc(C)c3)Cc3cn(C4CC4)c4cc(C5COCCN5)ccc4c3=O)C2)cn1. The molecule has 2 atom stereocenters. The molecule has 1 N–H and O–H groups in total. The molecule has 0 amide bonds. The summed E-state index contributed by atoms with van der Waals surface area (Å²) >= 11 is 0. The molecule has 1 aromatic carbocycles. The number of pyridine rings is 3. The second-order valence-corrected chi connectivity index (χ2v) is 12.6. The molecule has 5 heterocycles. The first-order valence-corrected chi connectivity index (χ1v) is 15.8. The molecule has 8 nitrogen and oxygen atoms in total. The van der Waals surface area contributed by atoms with Gasteiger partial charge < -0.3 is 19.5 Å². The van der Waals surface area contributed by atoms with E-state index < -0.39 is 0 Å². The minimum absolute atomic E-state index is 0.151. The normalized spacial score (nSPS) is 21.0. The highest BCUT2D eigenvalue weighted by Gasteiger charge is 2.30. The first-order chi connectivity index (χ1) is 21.0. The first kappa shape index (κ1) is 28.2. The molecular weight excluding hydrogens is 536 g/mol. The molecule has 43 heavy (non-hydrogen) atoms. The molecule has 4 aromatic rings. The quantitative estimate of drug-likeness (QED) is 0.313. The van der Waals surface area contributed by atoms with E-state index in [9.17, 15) is 4.79 Å². The Morgan fingerprint density at radius 1 is 1.02 bits per heavy atom. The third-order valence-electron chi connectivity index (χ3n) is 9.29. The molecule has 3 aliphatic rings. The van der Waals surface area contributed by atoms with E-state index in [2.05, 4.69) is 78.3 Å². The van der Waals surface area contributed by atoms with Crippen LogP contribution in [0.3, 0.4) is 0 Å². The molecule has 2 aliphatic heterocycles. The predicted octanol–water partition coefficient (Wildman–Crippen LogP) is 5.08. The van der Waals surface area contributed by atoms with Gasteiger partial charge in [-0.1, -0.05) is 6.07 Å². The Bertz CT molecular complexity index is 1640. The van der Waals surface area contributed by atoms with Crippen molar-refractivity contribution in [1.29, 1.82) is 0 Å². The van der Waals surface area contributed by atoms with Crippen LogP contribution in [0, 0.1) is 13.8 Å². The van der Waals surface area contributed by atoms with Crippen molar-refractivity contribution in [2.24, 2.45) is 0 Å². The van der Waals surface area contributed by atoms with E-state index >= 15 is 0 Å². The zero-order chi connectivity index (χ0) is 29.3. The Balaban J connectivity index is 1.23. The van der Waals surface area contributed by atoms with E-state index in [0.29, 0.717) is 25.2 Å². The highest BCUT2D eigenvalue weighted by atomic mass is 16.5. The summed E-state index contributed by atoms with van der Waals surface area (Å²) in [5, 5.41) is 4.39. The van der Waals surface area contributed by atoms with Gasteiger partial charge in [-0.05, 0) is 87.1 Å². The average Bonchev–Trinajstić information content (AvgIpc) is 3.88. The van der Waals surface area contributed by atoms with Crippen LogP contribution in [-0.4, -0.2) is 58.3 Å². The van der Waals surface area contributed by atoms with Crippen molar-refractivity contribution in [2.45, 2.75) is 70.7 Å². The maximum atomic E-state index is 14.1. The van der Waals surface area contributed by atoms with E-state index in [1.165, 1.54) is 16.8 Å². The highest BCUT2D eigenvalue weighted by Crippen LogP contribution is 2.38. The number of hydrogen-bond acceptors (Lipinski definition) is 7. The van der Waals surface area contributed by atoms with E-state index in [4.69, 9.17) is 4.74 Å². The zero-order valence-electron chi connectivity index (χ0n) is 25.3. The van der Waals surface area contributed by atoms with Crippen molar-refractivity contribution in [2.75, 3.05) is 37.7 Å². The van der Waals surface area contributed by atoms with Crippen molar-refractivity contribution < 1.29 is 4.74 Å². The lowest BCUT2D eigenvalue weighted by molar-refractivity contribution is 0.0769. The van der Waals surface area contributed by atoms with Crippen LogP contribution in [-0.2, 0) is 17.8 Å². The van der Waals surface area contributed by atoms with Gasteiger partial charge in [-0.15, -0.1) is 0 Å². The van der Waals surface area contributed by atoms with Gasteiger partial charge in [-0.25, -0.2) is 0 Å². The summed E-state index contributed by atoms with van der Waals surface area (Å²) in [6, 6.07) is 15.9. The first-order valence-electron chi connectivity index (χ1n) is 15.8. The fourth-order valence-electron chi connectivity index (χ4n) is 6.79. The number of benzene rings is 1.